The lowest BCUT2D eigenvalue weighted by atomic mass is 9.95. The van der Waals surface area contributed by atoms with Crippen molar-refractivity contribution in [1.82, 2.24) is 30.0 Å². The van der Waals surface area contributed by atoms with Crippen LogP contribution >= 0.6 is 0 Å². The average Bonchev–Trinajstić information content (AvgIpc) is 3.19. The highest BCUT2D eigenvalue weighted by Gasteiger charge is 2.26. The molecular weight excluding hydrogens is 316 g/mol. The molecule has 2 aromatic heterocycles. The number of piperidine rings is 1. The first-order valence-corrected chi connectivity index (χ1v) is 9.10. The number of rotatable bonds is 4. The zero-order valence-corrected chi connectivity index (χ0v) is 14.4. The minimum absolute atomic E-state index is 0.214. The third-order valence-corrected chi connectivity index (χ3v) is 5.15. The first kappa shape index (κ1) is 16.2. The predicted octanol–water partition coefficient (Wildman–Crippen LogP) is 1.12. The predicted molar refractivity (Wildman–Crippen MR) is 92.8 cm³/mol. The van der Waals surface area contributed by atoms with Crippen LogP contribution in [-0.4, -0.2) is 50.2 Å². The van der Waals surface area contributed by atoms with Gasteiger partial charge < -0.3 is 10.2 Å². The van der Waals surface area contributed by atoms with Crippen LogP contribution in [-0.2, 0) is 24.3 Å². The van der Waals surface area contributed by atoms with Crippen molar-refractivity contribution in [1.29, 1.82) is 0 Å². The fourth-order valence-electron chi connectivity index (χ4n) is 3.64. The van der Waals surface area contributed by atoms with E-state index in [1.165, 1.54) is 11.3 Å². The van der Waals surface area contributed by atoms with Gasteiger partial charge >= 0.3 is 0 Å². The molecule has 1 saturated heterocycles. The zero-order valence-electron chi connectivity index (χ0n) is 14.4. The molecule has 1 fully saturated rings. The molecular formula is C18H24N6O. The molecule has 1 N–H and O–H groups in total. The second-order valence-corrected chi connectivity index (χ2v) is 6.80. The molecule has 0 unspecified atom stereocenters. The van der Waals surface area contributed by atoms with E-state index in [-0.39, 0.29) is 5.91 Å². The number of nitrogens with zero attached hydrogens (tertiary/aromatic N) is 5. The smallest absolute Gasteiger partial charge is 0.224 e. The summed E-state index contributed by atoms with van der Waals surface area (Å²) in [5.41, 5.74) is 2.42. The van der Waals surface area contributed by atoms with E-state index in [9.17, 15) is 4.79 Å². The van der Waals surface area contributed by atoms with E-state index >= 15 is 0 Å². The van der Waals surface area contributed by atoms with Crippen LogP contribution in [0.4, 0.5) is 0 Å². The number of aromatic nitrogens is 4. The van der Waals surface area contributed by atoms with Crippen molar-refractivity contribution in [2.24, 2.45) is 0 Å². The first-order chi connectivity index (χ1) is 12.3. The molecule has 25 heavy (non-hydrogen) atoms. The molecule has 2 aliphatic heterocycles. The fourth-order valence-corrected chi connectivity index (χ4v) is 3.64. The lowest BCUT2D eigenvalue weighted by Crippen LogP contribution is -2.38. The maximum absolute atomic E-state index is 12.4. The van der Waals surface area contributed by atoms with Gasteiger partial charge in [-0.15, -0.1) is 0 Å². The second-order valence-electron chi connectivity index (χ2n) is 6.80. The van der Waals surface area contributed by atoms with Crippen LogP contribution in [0.2, 0.25) is 0 Å². The molecule has 2 aliphatic rings. The van der Waals surface area contributed by atoms with Gasteiger partial charge in [0.2, 0.25) is 5.91 Å². The number of likely N-dealkylation sites (tertiary alicyclic amines) is 1. The summed E-state index contributed by atoms with van der Waals surface area (Å²) in [5, 5.41) is 7.50. The summed E-state index contributed by atoms with van der Waals surface area (Å²) in [6.07, 6.45) is 9.00. The normalized spacial score (nSPS) is 18.2. The molecule has 1 amide bonds. The monoisotopic (exact) mass is 340 g/mol. The molecule has 7 heteroatoms. The average molecular weight is 340 g/mol. The summed E-state index contributed by atoms with van der Waals surface area (Å²) in [4.78, 5) is 23.7. The van der Waals surface area contributed by atoms with Gasteiger partial charge in [0.05, 0.1) is 0 Å². The summed E-state index contributed by atoms with van der Waals surface area (Å²) in [7, 11) is 0. The lowest BCUT2D eigenvalue weighted by Gasteiger charge is -2.31. The Labute approximate surface area is 147 Å². The Kier molecular flexibility index (Phi) is 4.74. The Balaban J connectivity index is 1.31. The first-order valence-electron chi connectivity index (χ1n) is 9.10. The van der Waals surface area contributed by atoms with Gasteiger partial charge in [0, 0.05) is 81.3 Å². The van der Waals surface area contributed by atoms with Gasteiger partial charge in [-0.25, -0.2) is 9.97 Å². The van der Waals surface area contributed by atoms with E-state index in [1.807, 2.05) is 23.4 Å². The summed E-state index contributed by atoms with van der Waals surface area (Å²) >= 11 is 0. The Hall–Kier alpha value is -2.28. The van der Waals surface area contributed by atoms with Crippen molar-refractivity contribution in [3.05, 3.63) is 41.7 Å². The Morgan fingerprint density at radius 2 is 2.20 bits per heavy atom. The molecule has 0 radical (unpaired) electrons. The second kappa shape index (κ2) is 7.31. The van der Waals surface area contributed by atoms with Gasteiger partial charge in [-0.1, -0.05) is 0 Å². The molecule has 0 bridgehead atoms. The molecule has 0 spiro atoms. The molecule has 4 heterocycles. The van der Waals surface area contributed by atoms with Crippen LogP contribution in [0.3, 0.4) is 0 Å². The summed E-state index contributed by atoms with van der Waals surface area (Å²) in [5.74, 6) is 1.55. The zero-order chi connectivity index (χ0) is 17.1. The van der Waals surface area contributed by atoms with E-state index < -0.39 is 0 Å². The van der Waals surface area contributed by atoms with E-state index in [0.29, 0.717) is 18.9 Å². The molecule has 0 saturated carbocycles. The molecule has 4 rings (SSSR count). The number of carbonyl (C=O) groups is 1. The maximum atomic E-state index is 12.4. The van der Waals surface area contributed by atoms with Crippen molar-refractivity contribution in [2.75, 3.05) is 19.6 Å². The van der Waals surface area contributed by atoms with Crippen molar-refractivity contribution in [2.45, 2.75) is 44.7 Å². The van der Waals surface area contributed by atoms with Crippen LogP contribution < -0.4 is 5.32 Å². The van der Waals surface area contributed by atoms with E-state index in [0.717, 1.165) is 51.3 Å². The van der Waals surface area contributed by atoms with Gasteiger partial charge in [-0.3, -0.25) is 9.48 Å². The standard InChI is InChI=1S/C18H24N6O/c25-17(5-11-24-8-1-6-21-24)23-9-3-14(4-10-23)18-20-13-15-12-19-7-2-16(15)22-18/h1,6,8,13-14,19H,2-5,7,9-12H2. The number of amides is 1. The minimum Gasteiger partial charge on any atom is -0.343 e. The van der Waals surface area contributed by atoms with Gasteiger partial charge in [0.1, 0.15) is 5.82 Å². The number of aryl methyl sites for hydroxylation is 1. The van der Waals surface area contributed by atoms with Crippen LogP contribution in [0.1, 0.15) is 42.3 Å². The quantitative estimate of drug-likeness (QED) is 0.902. The van der Waals surface area contributed by atoms with Crippen LogP contribution in [0.5, 0.6) is 0 Å². The fraction of sp³-hybridized carbons (Fsp3) is 0.556. The summed E-state index contributed by atoms with van der Waals surface area (Å²) < 4.78 is 1.81. The minimum atomic E-state index is 0.214. The number of carbonyl (C=O) groups excluding carboxylic acids is 1. The van der Waals surface area contributed by atoms with Crippen LogP contribution in [0.15, 0.2) is 24.7 Å². The number of hydrogen-bond donors (Lipinski definition) is 1. The van der Waals surface area contributed by atoms with Gasteiger partial charge in [-0.05, 0) is 18.9 Å². The Bertz CT molecular complexity index is 721. The number of fused-ring (bicyclic) bond motifs is 1. The molecule has 0 aliphatic carbocycles. The van der Waals surface area contributed by atoms with Gasteiger partial charge in [0.15, 0.2) is 0 Å². The molecule has 0 atom stereocenters. The third kappa shape index (κ3) is 3.71. The van der Waals surface area contributed by atoms with E-state index in [2.05, 4.69) is 15.4 Å². The summed E-state index contributed by atoms with van der Waals surface area (Å²) in [6, 6.07) is 1.88. The van der Waals surface area contributed by atoms with Crippen molar-refractivity contribution in [3.63, 3.8) is 0 Å². The highest BCUT2D eigenvalue weighted by molar-refractivity contribution is 5.76. The highest BCUT2D eigenvalue weighted by Crippen LogP contribution is 2.26. The SMILES string of the molecule is O=C(CCn1cccn1)N1CCC(c2ncc3c(n2)CCNC3)CC1. The third-order valence-electron chi connectivity index (χ3n) is 5.15. The van der Waals surface area contributed by atoms with Crippen LogP contribution in [0, 0.1) is 0 Å². The van der Waals surface area contributed by atoms with E-state index in [1.54, 1.807) is 10.9 Å². The molecule has 2 aromatic rings. The number of nitrogens with one attached hydrogen (secondary N) is 1. The van der Waals surface area contributed by atoms with Crippen molar-refractivity contribution in [3.8, 4) is 0 Å². The topological polar surface area (TPSA) is 75.9 Å². The largest absolute Gasteiger partial charge is 0.343 e. The van der Waals surface area contributed by atoms with Gasteiger partial charge in [0.25, 0.3) is 0 Å². The summed E-state index contributed by atoms with van der Waals surface area (Å²) in [6.45, 7) is 4.11. The van der Waals surface area contributed by atoms with Crippen molar-refractivity contribution >= 4 is 5.91 Å². The lowest BCUT2D eigenvalue weighted by molar-refractivity contribution is -0.132. The number of hydrogen-bond acceptors (Lipinski definition) is 5. The molecule has 0 aromatic carbocycles. The van der Waals surface area contributed by atoms with Gasteiger partial charge in [-0.2, -0.15) is 5.10 Å². The molecule has 7 nitrogen and oxygen atoms in total. The van der Waals surface area contributed by atoms with Crippen LogP contribution in [0.25, 0.3) is 0 Å². The Morgan fingerprint density at radius 3 is 3.00 bits per heavy atom. The Morgan fingerprint density at radius 1 is 1.32 bits per heavy atom. The maximum Gasteiger partial charge on any atom is 0.224 e. The highest BCUT2D eigenvalue weighted by atomic mass is 16.2. The van der Waals surface area contributed by atoms with E-state index in [4.69, 9.17) is 4.98 Å². The van der Waals surface area contributed by atoms with Crippen molar-refractivity contribution < 1.29 is 4.79 Å². The molecule has 132 valence electrons.